The Hall–Kier alpha value is -1.71. The summed E-state index contributed by atoms with van der Waals surface area (Å²) < 4.78 is 0. The largest absolute Gasteiger partial charge is 0.506 e. The number of carbonyl (C=O) groups is 1. The molecule has 0 atom stereocenters. The number of carbonyl (C=O) groups excluding carboxylic acids is 1. The highest BCUT2D eigenvalue weighted by Crippen LogP contribution is 2.57. The molecule has 1 heterocycles. The first-order valence-corrected chi connectivity index (χ1v) is 9.38. The number of benzene rings is 1. The second-order valence-corrected chi connectivity index (χ2v) is 8.93. The van der Waals surface area contributed by atoms with E-state index >= 15 is 0 Å². The Morgan fingerprint density at radius 3 is 2.17 bits per heavy atom. The fraction of sp³-hybridized carbons (Fsp3) is 0.650. The fourth-order valence-electron chi connectivity index (χ4n) is 6.31. The summed E-state index contributed by atoms with van der Waals surface area (Å²) in [6.45, 7) is 3.93. The van der Waals surface area contributed by atoms with Crippen molar-refractivity contribution in [2.45, 2.75) is 57.5 Å². The summed E-state index contributed by atoms with van der Waals surface area (Å²) in [4.78, 5) is 13.0. The van der Waals surface area contributed by atoms with E-state index in [0.29, 0.717) is 17.9 Å². The Morgan fingerprint density at radius 1 is 1.00 bits per heavy atom. The van der Waals surface area contributed by atoms with Crippen molar-refractivity contribution in [3.63, 3.8) is 0 Å². The van der Waals surface area contributed by atoms with Crippen LogP contribution in [-0.2, 0) is 4.79 Å². The summed E-state index contributed by atoms with van der Waals surface area (Å²) in [5.41, 5.74) is 0.184. The quantitative estimate of drug-likeness (QED) is 0.904. The number of aromatic hydroxyl groups is 1. The number of rotatable bonds is 2. The molecular weight excluding hydrogens is 300 g/mol. The molecule has 0 radical (unpaired) electrons. The topological polar surface area (TPSA) is 43.8 Å². The first-order chi connectivity index (χ1) is 11.5. The lowest BCUT2D eigenvalue weighted by atomic mass is 9.53. The molecule has 6 rings (SSSR count). The maximum atomic E-state index is 13.0. The van der Waals surface area contributed by atoms with Crippen molar-refractivity contribution in [1.82, 2.24) is 5.01 Å². The Balaban J connectivity index is 1.53. The molecule has 4 saturated carbocycles. The number of hydrazine groups is 1. The van der Waals surface area contributed by atoms with Crippen molar-refractivity contribution in [2.24, 2.45) is 23.7 Å². The SMILES string of the molecule is CC1(C)C(=O)N(C2C3CC4CC(C3)CC2C4)N1c1ccccc1O. The number of phenolic OH excluding ortho intramolecular Hbond substituents is 1. The maximum Gasteiger partial charge on any atom is 0.268 e. The molecule has 128 valence electrons. The lowest BCUT2D eigenvalue weighted by molar-refractivity contribution is -0.170. The number of anilines is 1. The van der Waals surface area contributed by atoms with Crippen LogP contribution >= 0.6 is 0 Å². The molecule has 5 aliphatic rings. The van der Waals surface area contributed by atoms with E-state index in [9.17, 15) is 9.90 Å². The van der Waals surface area contributed by atoms with Gasteiger partial charge in [0.2, 0.25) is 0 Å². The van der Waals surface area contributed by atoms with Crippen molar-refractivity contribution in [2.75, 3.05) is 5.01 Å². The highest BCUT2D eigenvalue weighted by atomic mass is 16.3. The van der Waals surface area contributed by atoms with Crippen molar-refractivity contribution in [3.05, 3.63) is 24.3 Å². The zero-order valence-corrected chi connectivity index (χ0v) is 14.5. The summed E-state index contributed by atoms with van der Waals surface area (Å²) >= 11 is 0. The second kappa shape index (κ2) is 4.68. The minimum absolute atomic E-state index is 0.211. The van der Waals surface area contributed by atoms with Gasteiger partial charge in [-0.25, -0.2) is 5.01 Å². The van der Waals surface area contributed by atoms with Gasteiger partial charge in [-0.05, 0) is 81.8 Å². The molecule has 1 amide bonds. The lowest BCUT2D eigenvalue weighted by Crippen LogP contribution is -2.80. The van der Waals surface area contributed by atoms with Gasteiger partial charge < -0.3 is 5.11 Å². The van der Waals surface area contributed by atoms with Gasteiger partial charge in [0.05, 0.1) is 6.04 Å². The zero-order chi connectivity index (χ0) is 16.6. The highest BCUT2D eigenvalue weighted by molar-refractivity contribution is 5.98. The minimum Gasteiger partial charge on any atom is -0.506 e. The molecule has 0 unspecified atom stereocenters. The predicted molar refractivity (Wildman–Crippen MR) is 92.3 cm³/mol. The van der Waals surface area contributed by atoms with Crippen LogP contribution in [0.4, 0.5) is 5.69 Å². The molecular formula is C20H26N2O2. The van der Waals surface area contributed by atoms with Crippen molar-refractivity contribution < 1.29 is 9.90 Å². The Kier molecular flexibility index (Phi) is 2.85. The maximum absolute atomic E-state index is 13.0. The Bertz CT molecular complexity index is 671. The van der Waals surface area contributed by atoms with Crippen LogP contribution in [-0.4, -0.2) is 27.6 Å². The van der Waals surface area contributed by atoms with Crippen LogP contribution in [0.2, 0.25) is 0 Å². The highest BCUT2D eigenvalue weighted by Gasteiger charge is 2.61. The average molecular weight is 326 g/mol. The molecule has 4 aliphatic carbocycles. The molecule has 4 nitrogen and oxygen atoms in total. The zero-order valence-electron chi connectivity index (χ0n) is 14.5. The lowest BCUT2D eigenvalue weighted by Gasteiger charge is -2.65. The van der Waals surface area contributed by atoms with Gasteiger partial charge in [0, 0.05) is 0 Å². The van der Waals surface area contributed by atoms with E-state index in [1.807, 2.05) is 37.1 Å². The van der Waals surface area contributed by atoms with E-state index in [0.717, 1.165) is 17.5 Å². The molecule has 4 bridgehead atoms. The third-order valence-corrected chi connectivity index (χ3v) is 7.05. The predicted octanol–water partition coefficient (Wildman–Crippen LogP) is 3.56. The van der Waals surface area contributed by atoms with Crippen molar-refractivity contribution in [3.8, 4) is 5.75 Å². The van der Waals surface area contributed by atoms with Crippen LogP contribution in [0.5, 0.6) is 5.75 Å². The molecule has 1 saturated heterocycles. The van der Waals surface area contributed by atoms with Crippen LogP contribution in [0.1, 0.15) is 46.0 Å². The van der Waals surface area contributed by atoms with Crippen molar-refractivity contribution in [1.29, 1.82) is 0 Å². The van der Waals surface area contributed by atoms with E-state index in [-0.39, 0.29) is 11.7 Å². The third kappa shape index (κ3) is 1.77. The summed E-state index contributed by atoms with van der Waals surface area (Å²) in [5.74, 6) is 3.55. The minimum atomic E-state index is -0.576. The van der Waals surface area contributed by atoms with Gasteiger partial charge in [-0.2, -0.15) is 0 Å². The molecule has 1 N–H and O–H groups in total. The number of phenols is 1. The molecule has 4 heteroatoms. The number of hydrogen-bond acceptors (Lipinski definition) is 3. The third-order valence-electron chi connectivity index (χ3n) is 7.05. The standard InChI is InChI=1S/C20H26N2O2/c1-20(2)19(24)21(22(20)16-5-3-4-6-17(16)23)18-14-8-12-7-13(10-14)11-15(18)9-12/h3-6,12-15,18,23H,7-11H2,1-2H3. The van der Waals surface area contributed by atoms with Crippen LogP contribution < -0.4 is 5.01 Å². The molecule has 0 spiro atoms. The first kappa shape index (κ1) is 14.6. The molecule has 0 aromatic heterocycles. The Labute approximate surface area is 143 Å². The van der Waals surface area contributed by atoms with Crippen LogP contribution in [0, 0.1) is 23.7 Å². The molecule has 5 fully saturated rings. The number of nitrogens with zero attached hydrogens (tertiary/aromatic N) is 2. The van der Waals surface area contributed by atoms with Gasteiger partial charge in [0.1, 0.15) is 17.0 Å². The molecule has 1 aromatic rings. The monoisotopic (exact) mass is 326 g/mol. The van der Waals surface area contributed by atoms with Crippen LogP contribution in [0.25, 0.3) is 0 Å². The van der Waals surface area contributed by atoms with E-state index in [1.165, 1.54) is 32.1 Å². The smallest absolute Gasteiger partial charge is 0.268 e. The van der Waals surface area contributed by atoms with E-state index in [4.69, 9.17) is 0 Å². The molecule has 1 aromatic carbocycles. The number of para-hydroxylation sites is 2. The van der Waals surface area contributed by atoms with Gasteiger partial charge in [-0.3, -0.25) is 9.80 Å². The number of hydrogen-bond donors (Lipinski definition) is 1. The first-order valence-electron chi connectivity index (χ1n) is 9.38. The van der Waals surface area contributed by atoms with E-state index in [1.54, 1.807) is 6.07 Å². The van der Waals surface area contributed by atoms with Gasteiger partial charge in [-0.15, -0.1) is 0 Å². The van der Waals surface area contributed by atoms with E-state index < -0.39 is 5.54 Å². The van der Waals surface area contributed by atoms with Gasteiger partial charge in [0.25, 0.3) is 5.91 Å². The fourth-order valence-corrected chi connectivity index (χ4v) is 6.31. The molecule has 1 aliphatic heterocycles. The normalized spacial score (nSPS) is 39.2. The summed E-state index contributed by atoms with van der Waals surface area (Å²) in [7, 11) is 0. The number of amides is 1. The summed E-state index contributed by atoms with van der Waals surface area (Å²) in [6, 6.07) is 7.73. The van der Waals surface area contributed by atoms with E-state index in [2.05, 4.69) is 5.01 Å². The van der Waals surface area contributed by atoms with Gasteiger partial charge in [0.15, 0.2) is 0 Å². The van der Waals surface area contributed by atoms with Crippen LogP contribution in [0.3, 0.4) is 0 Å². The van der Waals surface area contributed by atoms with Gasteiger partial charge in [-0.1, -0.05) is 12.1 Å². The van der Waals surface area contributed by atoms with Gasteiger partial charge >= 0.3 is 0 Å². The van der Waals surface area contributed by atoms with Crippen molar-refractivity contribution >= 4 is 11.6 Å². The average Bonchev–Trinajstić information content (AvgIpc) is 2.54. The Morgan fingerprint density at radius 2 is 1.58 bits per heavy atom. The van der Waals surface area contributed by atoms with Crippen LogP contribution in [0.15, 0.2) is 24.3 Å². The second-order valence-electron chi connectivity index (χ2n) is 8.93. The molecule has 24 heavy (non-hydrogen) atoms. The summed E-state index contributed by atoms with van der Waals surface area (Å²) in [5, 5.41) is 14.4. The summed E-state index contributed by atoms with van der Waals surface area (Å²) in [6.07, 6.45) is 6.57.